The van der Waals surface area contributed by atoms with Crippen LogP contribution in [0.5, 0.6) is 0 Å². The Kier molecular flexibility index (Phi) is 5.36. The highest BCUT2D eigenvalue weighted by Gasteiger charge is 2.11. The molecule has 0 spiro atoms. The summed E-state index contributed by atoms with van der Waals surface area (Å²) in [6.07, 6.45) is 0.468. The zero-order valence-electron chi connectivity index (χ0n) is 11.1. The molecular weight excluding hydrogens is 290 g/mol. The molecule has 3 nitrogen and oxygen atoms in total. The summed E-state index contributed by atoms with van der Waals surface area (Å²) in [4.78, 5) is 13.8. The number of carbonyl (C=O) groups is 1. The summed E-state index contributed by atoms with van der Waals surface area (Å²) in [5.41, 5.74) is 1.92. The first-order valence-electron chi connectivity index (χ1n) is 6.20. The average molecular weight is 305 g/mol. The molecule has 104 valence electrons. The number of aliphatic hydroxyl groups excluding tert-OH is 1. The van der Waals surface area contributed by atoms with E-state index in [4.69, 9.17) is 5.11 Å². The Morgan fingerprint density at radius 3 is 2.85 bits per heavy atom. The van der Waals surface area contributed by atoms with Gasteiger partial charge in [0.2, 0.25) is 0 Å². The van der Waals surface area contributed by atoms with E-state index in [-0.39, 0.29) is 12.5 Å². The summed E-state index contributed by atoms with van der Waals surface area (Å²) in [6.45, 7) is 2.49. The third-order valence-electron chi connectivity index (χ3n) is 2.68. The van der Waals surface area contributed by atoms with E-state index in [2.05, 4.69) is 17.2 Å². The maximum Gasteiger partial charge on any atom is 0.261 e. The third-order valence-corrected chi connectivity index (χ3v) is 4.62. The van der Waals surface area contributed by atoms with Crippen LogP contribution in [0.3, 0.4) is 0 Å². The lowest BCUT2D eigenvalue weighted by Gasteiger charge is -2.03. The Hall–Kier alpha value is -1.61. The maximum atomic E-state index is 12.0. The minimum Gasteiger partial charge on any atom is -0.395 e. The zero-order chi connectivity index (χ0) is 14.4. The second-order valence-corrected chi connectivity index (χ2v) is 6.07. The maximum absolute atomic E-state index is 12.0. The van der Waals surface area contributed by atoms with Crippen LogP contribution >= 0.6 is 22.7 Å². The van der Waals surface area contributed by atoms with Gasteiger partial charge in [0.25, 0.3) is 5.91 Å². The minimum absolute atomic E-state index is 0.0415. The van der Waals surface area contributed by atoms with Gasteiger partial charge < -0.3 is 10.4 Å². The van der Waals surface area contributed by atoms with Crippen LogP contribution in [0.25, 0.3) is 0 Å². The second-order valence-electron chi connectivity index (χ2n) is 4.15. The van der Waals surface area contributed by atoms with Crippen LogP contribution in [0.15, 0.2) is 22.9 Å². The molecule has 0 aromatic carbocycles. The number of hydrogen-bond donors (Lipinski definition) is 2. The van der Waals surface area contributed by atoms with Crippen LogP contribution in [0.4, 0.5) is 0 Å². The normalized spacial score (nSPS) is 9.90. The molecule has 0 aliphatic rings. The molecule has 2 aromatic heterocycles. The van der Waals surface area contributed by atoms with Crippen LogP contribution in [-0.2, 0) is 6.54 Å². The van der Waals surface area contributed by atoms with Gasteiger partial charge in [-0.2, -0.15) is 0 Å². The number of carbonyl (C=O) groups excluding carboxylic acids is 1. The minimum atomic E-state index is -0.0415. The molecule has 0 saturated carbocycles. The predicted octanol–water partition coefficient (Wildman–Crippen LogP) is 2.78. The molecule has 20 heavy (non-hydrogen) atoms. The fourth-order valence-electron chi connectivity index (χ4n) is 1.65. The zero-order valence-corrected chi connectivity index (χ0v) is 12.7. The quantitative estimate of drug-likeness (QED) is 0.853. The molecule has 5 heteroatoms. The van der Waals surface area contributed by atoms with Crippen molar-refractivity contribution in [1.82, 2.24) is 5.32 Å². The highest BCUT2D eigenvalue weighted by molar-refractivity contribution is 7.12. The van der Waals surface area contributed by atoms with Crippen molar-refractivity contribution in [2.45, 2.75) is 19.9 Å². The number of amides is 1. The molecule has 0 bridgehead atoms. The van der Waals surface area contributed by atoms with E-state index in [0.717, 1.165) is 20.9 Å². The lowest BCUT2D eigenvalue weighted by molar-refractivity contribution is 0.0955. The van der Waals surface area contributed by atoms with Gasteiger partial charge in [-0.15, -0.1) is 22.7 Å². The lowest BCUT2D eigenvalue weighted by Crippen LogP contribution is -2.22. The monoisotopic (exact) mass is 305 g/mol. The van der Waals surface area contributed by atoms with E-state index in [0.29, 0.717) is 13.0 Å². The molecular formula is C15H15NO2S2. The highest BCUT2D eigenvalue weighted by atomic mass is 32.1. The fraction of sp³-hybridized carbons (Fsp3) is 0.267. The first-order valence-corrected chi connectivity index (χ1v) is 7.96. The third kappa shape index (κ3) is 3.70. The van der Waals surface area contributed by atoms with E-state index < -0.39 is 0 Å². The van der Waals surface area contributed by atoms with Crippen molar-refractivity contribution in [3.8, 4) is 11.8 Å². The highest BCUT2D eigenvalue weighted by Crippen LogP contribution is 2.18. The molecule has 2 heterocycles. The number of rotatable bonds is 4. The molecule has 0 atom stereocenters. The topological polar surface area (TPSA) is 49.3 Å². The van der Waals surface area contributed by atoms with Crippen LogP contribution in [0, 0.1) is 18.8 Å². The van der Waals surface area contributed by atoms with Crippen molar-refractivity contribution < 1.29 is 9.90 Å². The second kappa shape index (κ2) is 7.25. The number of aryl methyl sites for hydroxylation is 1. The van der Waals surface area contributed by atoms with E-state index in [1.54, 1.807) is 11.3 Å². The summed E-state index contributed by atoms with van der Waals surface area (Å²) in [7, 11) is 0. The lowest BCUT2D eigenvalue weighted by atomic mass is 10.2. The van der Waals surface area contributed by atoms with Crippen molar-refractivity contribution in [2.24, 2.45) is 0 Å². The number of aliphatic hydroxyl groups is 1. The summed E-state index contributed by atoms with van der Waals surface area (Å²) in [5.74, 6) is 5.87. The average Bonchev–Trinajstić information content (AvgIpc) is 3.05. The number of hydrogen-bond acceptors (Lipinski definition) is 4. The molecule has 0 unspecified atom stereocenters. The molecule has 0 saturated heterocycles. The molecule has 0 fully saturated rings. The van der Waals surface area contributed by atoms with Gasteiger partial charge in [0.05, 0.1) is 18.0 Å². The smallest absolute Gasteiger partial charge is 0.261 e. The van der Waals surface area contributed by atoms with Crippen LogP contribution in [0.1, 0.15) is 32.1 Å². The van der Waals surface area contributed by atoms with Crippen molar-refractivity contribution in [3.63, 3.8) is 0 Å². The van der Waals surface area contributed by atoms with Crippen LogP contribution < -0.4 is 5.32 Å². The fourth-order valence-corrected chi connectivity index (χ4v) is 3.26. The van der Waals surface area contributed by atoms with Crippen LogP contribution in [-0.4, -0.2) is 17.6 Å². The molecule has 2 aromatic rings. The molecule has 0 aliphatic heterocycles. The summed E-state index contributed by atoms with van der Waals surface area (Å²) < 4.78 is 0. The van der Waals surface area contributed by atoms with Gasteiger partial charge in [-0.25, -0.2) is 0 Å². The van der Waals surface area contributed by atoms with Gasteiger partial charge in [0.15, 0.2) is 0 Å². The Bertz CT molecular complexity index is 646. The Morgan fingerprint density at radius 1 is 1.35 bits per heavy atom. The Labute approximate surface area is 126 Å². The van der Waals surface area contributed by atoms with Crippen LogP contribution in [0.2, 0.25) is 0 Å². The van der Waals surface area contributed by atoms with Crippen molar-refractivity contribution >= 4 is 28.6 Å². The van der Waals surface area contributed by atoms with Gasteiger partial charge >= 0.3 is 0 Å². The van der Waals surface area contributed by atoms with E-state index >= 15 is 0 Å². The Morgan fingerprint density at radius 2 is 2.15 bits per heavy atom. The van der Waals surface area contributed by atoms with Crippen molar-refractivity contribution in [2.75, 3.05) is 6.61 Å². The first-order chi connectivity index (χ1) is 9.72. The summed E-state index contributed by atoms with van der Waals surface area (Å²) in [5, 5.41) is 15.5. The predicted molar refractivity (Wildman–Crippen MR) is 83.1 cm³/mol. The number of thiophene rings is 2. The summed E-state index contributed by atoms with van der Waals surface area (Å²) in [6, 6.07) is 3.88. The molecule has 2 N–H and O–H groups in total. The van der Waals surface area contributed by atoms with Gasteiger partial charge in [0, 0.05) is 16.9 Å². The number of nitrogens with one attached hydrogen (secondary N) is 1. The molecule has 1 amide bonds. The van der Waals surface area contributed by atoms with Crippen molar-refractivity contribution in [1.29, 1.82) is 0 Å². The van der Waals surface area contributed by atoms with E-state index in [1.807, 2.05) is 29.8 Å². The summed E-state index contributed by atoms with van der Waals surface area (Å²) >= 11 is 3.03. The largest absolute Gasteiger partial charge is 0.395 e. The molecule has 2 rings (SSSR count). The molecule has 0 radical (unpaired) electrons. The standard InChI is InChI=1S/C15H15NO2S2/c1-11-5-8-20-14(11)15(18)16-10-13-12(6-9-19-13)4-2-3-7-17/h5-6,8-9,17H,3,7,10H2,1H3,(H,16,18). The first kappa shape index (κ1) is 14.8. The van der Waals surface area contributed by atoms with Gasteiger partial charge in [-0.1, -0.05) is 11.8 Å². The van der Waals surface area contributed by atoms with E-state index in [9.17, 15) is 4.79 Å². The van der Waals surface area contributed by atoms with Gasteiger partial charge in [0.1, 0.15) is 0 Å². The molecule has 0 aliphatic carbocycles. The van der Waals surface area contributed by atoms with Gasteiger partial charge in [-0.3, -0.25) is 4.79 Å². The van der Waals surface area contributed by atoms with Gasteiger partial charge in [-0.05, 0) is 35.4 Å². The van der Waals surface area contributed by atoms with E-state index in [1.165, 1.54) is 11.3 Å². The Balaban J connectivity index is 1.98. The van der Waals surface area contributed by atoms with Crippen molar-refractivity contribution in [3.05, 3.63) is 43.8 Å². The SMILES string of the molecule is Cc1ccsc1C(=O)NCc1sccc1C#CCCO.